The lowest BCUT2D eigenvalue weighted by molar-refractivity contribution is 0.244. The van der Waals surface area contributed by atoms with Crippen LogP contribution in [0.3, 0.4) is 0 Å². The number of nitrogen functional groups attached to an aromatic ring is 1. The fraction of sp³-hybridized carbons (Fsp3) is 0.667. The summed E-state index contributed by atoms with van der Waals surface area (Å²) in [5.41, 5.74) is 5.56. The van der Waals surface area contributed by atoms with Crippen molar-refractivity contribution < 1.29 is 5.11 Å². The van der Waals surface area contributed by atoms with E-state index in [4.69, 9.17) is 10.8 Å². The summed E-state index contributed by atoms with van der Waals surface area (Å²) in [4.78, 5) is 13.9. The fourth-order valence-corrected chi connectivity index (χ4v) is 0.990. The number of aliphatic hydroxyl groups excluding tert-OH is 1. The molecule has 1 aromatic heterocycles. The highest BCUT2D eigenvalue weighted by atomic mass is 16.3. The van der Waals surface area contributed by atoms with Crippen LogP contribution in [0.15, 0.2) is 0 Å². The van der Waals surface area contributed by atoms with E-state index in [0.717, 1.165) is 0 Å². The fourth-order valence-electron chi connectivity index (χ4n) is 0.990. The maximum atomic E-state index is 8.88. The first-order valence-electron chi connectivity index (χ1n) is 5.06. The Kier molecular flexibility index (Phi) is 4.24. The number of hydrogen-bond donors (Lipinski definition) is 3. The van der Waals surface area contributed by atoms with Crippen LogP contribution < -0.4 is 16.0 Å². The second kappa shape index (κ2) is 5.45. The Morgan fingerprint density at radius 1 is 1.38 bits per heavy atom. The van der Waals surface area contributed by atoms with Gasteiger partial charge in [-0.15, -0.1) is 0 Å². The van der Waals surface area contributed by atoms with Crippen LogP contribution in [0.2, 0.25) is 0 Å². The third-order valence-electron chi connectivity index (χ3n) is 1.96. The Bertz CT molecular complexity index is 343. The van der Waals surface area contributed by atoms with Crippen LogP contribution in [0.1, 0.15) is 6.92 Å². The number of anilines is 3. The van der Waals surface area contributed by atoms with Crippen molar-refractivity contribution in [1.29, 1.82) is 0 Å². The summed E-state index contributed by atoms with van der Waals surface area (Å²) in [7, 11) is 3.66. The zero-order valence-corrected chi connectivity index (χ0v) is 9.80. The van der Waals surface area contributed by atoms with Crippen LogP contribution in [0.5, 0.6) is 0 Å². The van der Waals surface area contributed by atoms with Gasteiger partial charge in [0.25, 0.3) is 0 Å². The molecule has 0 aliphatic rings. The average Bonchev–Trinajstić information content (AvgIpc) is 2.25. The van der Waals surface area contributed by atoms with Gasteiger partial charge in [-0.1, -0.05) is 6.92 Å². The van der Waals surface area contributed by atoms with Crippen molar-refractivity contribution in [3.8, 4) is 0 Å². The van der Waals surface area contributed by atoms with Crippen LogP contribution in [-0.2, 0) is 0 Å². The van der Waals surface area contributed by atoms with Gasteiger partial charge in [0, 0.05) is 27.2 Å². The number of nitrogens with two attached hydrogens (primary N) is 1. The van der Waals surface area contributed by atoms with Gasteiger partial charge in [-0.05, 0) is 5.92 Å². The average molecular weight is 226 g/mol. The molecule has 1 rings (SSSR count). The molecule has 16 heavy (non-hydrogen) atoms. The van der Waals surface area contributed by atoms with Crippen molar-refractivity contribution in [3.63, 3.8) is 0 Å². The Labute approximate surface area is 94.7 Å². The third kappa shape index (κ3) is 3.50. The maximum absolute atomic E-state index is 8.88. The minimum atomic E-state index is 0.119. The minimum Gasteiger partial charge on any atom is -0.396 e. The number of aromatic nitrogens is 3. The van der Waals surface area contributed by atoms with Crippen molar-refractivity contribution in [2.45, 2.75) is 6.92 Å². The Morgan fingerprint density at radius 2 is 2.06 bits per heavy atom. The Morgan fingerprint density at radius 3 is 2.62 bits per heavy atom. The van der Waals surface area contributed by atoms with E-state index in [-0.39, 0.29) is 18.5 Å². The van der Waals surface area contributed by atoms with Crippen molar-refractivity contribution in [2.75, 3.05) is 43.2 Å². The first-order chi connectivity index (χ1) is 7.52. The molecule has 0 radical (unpaired) electrons. The van der Waals surface area contributed by atoms with E-state index in [1.807, 2.05) is 21.0 Å². The van der Waals surface area contributed by atoms with E-state index >= 15 is 0 Å². The van der Waals surface area contributed by atoms with Crippen LogP contribution in [0.25, 0.3) is 0 Å². The van der Waals surface area contributed by atoms with Gasteiger partial charge in [-0.2, -0.15) is 15.0 Å². The lowest BCUT2D eigenvalue weighted by Crippen LogP contribution is -2.19. The van der Waals surface area contributed by atoms with Crippen LogP contribution in [-0.4, -0.2) is 47.3 Å². The highest BCUT2D eigenvalue weighted by Gasteiger charge is 2.06. The second-order valence-electron chi connectivity index (χ2n) is 3.88. The molecule has 0 aliphatic heterocycles. The monoisotopic (exact) mass is 226 g/mol. The molecule has 0 spiro atoms. The SMILES string of the molecule is CC(CO)CNc1nc(N)nc(N(C)C)n1. The molecule has 0 bridgehead atoms. The zero-order valence-electron chi connectivity index (χ0n) is 9.80. The second-order valence-corrected chi connectivity index (χ2v) is 3.88. The summed E-state index contributed by atoms with van der Waals surface area (Å²) < 4.78 is 0. The standard InChI is InChI=1S/C9H18N6O/c1-6(5-16)4-11-8-12-7(10)13-9(14-8)15(2)3/h6,16H,4-5H2,1-3H3,(H3,10,11,12,13,14). The normalized spacial score (nSPS) is 12.2. The topological polar surface area (TPSA) is 100 Å². The number of nitrogens with one attached hydrogen (secondary N) is 1. The van der Waals surface area contributed by atoms with Crippen molar-refractivity contribution in [3.05, 3.63) is 0 Å². The quantitative estimate of drug-likeness (QED) is 0.625. The molecule has 1 atom stereocenters. The molecule has 7 heteroatoms. The van der Waals surface area contributed by atoms with Crippen LogP contribution in [0.4, 0.5) is 17.8 Å². The van der Waals surface area contributed by atoms with E-state index < -0.39 is 0 Å². The zero-order chi connectivity index (χ0) is 12.1. The molecule has 0 aromatic carbocycles. The molecule has 0 aliphatic carbocycles. The maximum Gasteiger partial charge on any atom is 0.231 e. The van der Waals surface area contributed by atoms with Gasteiger partial charge >= 0.3 is 0 Å². The summed E-state index contributed by atoms with van der Waals surface area (Å²) in [6, 6.07) is 0. The van der Waals surface area contributed by atoms with Crippen molar-refractivity contribution in [1.82, 2.24) is 15.0 Å². The lowest BCUT2D eigenvalue weighted by Gasteiger charge is -2.13. The number of aliphatic hydroxyl groups is 1. The number of hydrogen-bond acceptors (Lipinski definition) is 7. The number of nitrogens with zero attached hydrogens (tertiary/aromatic N) is 4. The predicted octanol–water partition coefficient (Wildman–Crippen LogP) is -0.440. The minimum absolute atomic E-state index is 0.119. The van der Waals surface area contributed by atoms with E-state index in [2.05, 4.69) is 20.3 Å². The number of rotatable bonds is 5. The van der Waals surface area contributed by atoms with Crippen LogP contribution >= 0.6 is 0 Å². The van der Waals surface area contributed by atoms with Gasteiger partial charge in [0.1, 0.15) is 0 Å². The lowest BCUT2D eigenvalue weighted by atomic mass is 10.2. The van der Waals surface area contributed by atoms with E-state index in [1.165, 1.54) is 0 Å². The smallest absolute Gasteiger partial charge is 0.231 e. The molecule has 7 nitrogen and oxygen atoms in total. The van der Waals surface area contributed by atoms with Gasteiger partial charge in [0.2, 0.25) is 17.8 Å². The van der Waals surface area contributed by atoms with E-state index in [0.29, 0.717) is 18.4 Å². The van der Waals surface area contributed by atoms with E-state index in [9.17, 15) is 0 Å². The molecule has 1 heterocycles. The first-order valence-corrected chi connectivity index (χ1v) is 5.06. The summed E-state index contributed by atoms with van der Waals surface area (Å²) in [6.07, 6.45) is 0. The van der Waals surface area contributed by atoms with E-state index in [1.54, 1.807) is 4.90 Å². The summed E-state index contributed by atoms with van der Waals surface area (Å²) >= 11 is 0. The van der Waals surface area contributed by atoms with Gasteiger partial charge in [-0.25, -0.2) is 0 Å². The highest BCUT2D eigenvalue weighted by Crippen LogP contribution is 2.09. The molecule has 90 valence electrons. The summed E-state index contributed by atoms with van der Waals surface area (Å²) in [6.45, 7) is 2.63. The molecule has 0 amide bonds. The van der Waals surface area contributed by atoms with Gasteiger partial charge in [-0.3, -0.25) is 0 Å². The molecular weight excluding hydrogens is 208 g/mol. The summed E-state index contributed by atoms with van der Waals surface area (Å²) in [5.74, 6) is 1.25. The highest BCUT2D eigenvalue weighted by molar-refractivity contribution is 5.40. The molecule has 4 N–H and O–H groups in total. The first kappa shape index (κ1) is 12.4. The summed E-state index contributed by atoms with van der Waals surface area (Å²) in [5, 5.41) is 11.9. The van der Waals surface area contributed by atoms with Gasteiger partial charge in [0.05, 0.1) is 0 Å². The Hall–Kier alpha value is -1.63. The molecule has 0 saturated heterocycles. The van der Waals surface area contributed by atoms with Crippen molar-refractivity contribution in [2.24, 2.45) is 5.92 Å². The molecule has 1 unspecified atom stereocenters. The largest absolute Gasteiger partial charge is 0.396 e. The molecule has 1 aromatic rings. The van der Waals surface area contributed by atoms with Gasteiger partial charge < -0.3 is 21.1 Å². The molecular formula is C9H18N6O. The molecule has 0 saturated carbocycles. The van der Waals surface area contributed by atoms with Crippen LogP contribution in [0, 0.1) is 5.92 Å². The molecule has 0 fully saturated rings. The van der Waals surface area contributed by atoms with Crippen molar-refractivity contribution >= 4 is 17.8 Å². The third-order valence-corrected chi connectivity index (χ3v) is 1.96. The Balaban J connectivity index is 2.72. The van der Waals surface area contributed by atoms with Gasteiger partial charge in [0.15, 0.2) is 0 Å². The predicted molar refractivity (Wildman–Crippen MR) is 63.3 cm³/mol.